The molecule has 1 N–H and O–H groups in total. The standard InChI is InChI=1S/C28H26BrClF3N3O3/c29-21-8-4-9-22(24(21)30)36-16-20(26(35-36)28(31,32)33)27(39)34-15-5-10-23(37)17-11-13-19(14-12-17)25(38)18-6-2-1-3-7-18/h1-4,6-9,16-17,19H,5,10-15H2,(H,34,39). The lowest BCUT2D eigenvalue weighted by Gasteiger charge is -2.26. The van der Waals surface area contributed by atoms with Gasteiger partial charge in [0.25, 0.3) is 5.91 Å². The molecule has 2 aromatic carbocycles. The molecule has 1 aliphatic carbocycles. The molecule has 1 fully saturated rings. The zero-order valence-corrected chi connectivity index (χ0v) is 23.2. The number of carbonyl (C=O) groups is 3. The second-order valence-corrected chi connectivity index (χ2v) is 10.7. The summed E-state index contributed by atoms with van der Waals surface area (Å²) >= 11 is 9.41. The number of ketones is 2. The highest BCUT2D eigenvalue weighted by molar-refractivity contribution is 9.10. The minimum atomic E-state index is -4.85. The molecule has 6 nitrogen and oxygen atoms in total. The Bertz CT molecular complexity index is 1350. The van der Waals surface area contributed by atoms with Gasteiger partial charge in [0.15, 0.2) is 11.5 Å². The molecule has 1 saturated carbocycles. The van der Waals surface area contributed by atoms with Crippen LogP contribution in [-0.2, 0) is 11.0 Å². The maximum Gasteiger partial charge on any atom is 0.435 e. The molecule has 0 atom stereocenters. The SMILES string of the molecule is O=C(NCCCC(=O)C1CCC(C(=O)c2ccccc2)CC1)c1cn(-c2cccc(Br)c2Cl)nc1C(F)(F)F. The second-order valence-electron chi connectivity index (χ2n) is 9.51. The Morgan fingerprint density at radius 1 is 1.00 bits per heavy atom. The van der Waals surface area contributed by atoms with Gasteiger partial charge in [-0.3, -0.25) is 14.4 Å². The summed E-state index contributed by atoms with van der Waals surface area (Å²) in [5, 5.41) is 6.20. The molecule has 3 aromatic rings. The van der Waals surface area contributed by atoms with Crippen molar-refractivity contribution in [3.63, 3.8) is 0 Å². The van der Waals surface area contributed by atoms with Crippen LogP contribution < -0.4 is 5.32 Å². The molecule has 0 bridgehead atoms. The lowest BCUT2D eigenvalue weighted by Crippen LogP contribution is -2.28. The van der Waals surface area contributed by atoms with Crippen molar-refractivity contribution in [2.45, 2.75) is 44.7 Å². The molecular formula is C28H26BrClF3N3O3. The molecule has 4 rings (SSSR count). The summed E-state index contributed by atoms with van der Waals surface area (Å²) in [5.74, 6) is -1.03. The highest BCUT2D eigenvalue weighted by Gasteiger charge is 2.39. The number of halogens is 5. The third-order valence-electron chi connectivity index (χ3n) is 6.90. The Morgan fingerprint density at radius 3 is 2.33 bits per heavy atom. The molecule has 1 aliphatic rings. The lowest BCUT2D eigenvalue weighted by atomic mass is 9.76. The van der Waals surface area contributed by atoms with Crippen LogP contribution in [0.2, 0.25) is 5.02 Å². The van der Waals surface area contributed by atoms with Crippen molar-refractivity contribution in [3.05, 3.63) is 81.0 Å². The second kappa shape index (κ2) is 12.5. The van der Waals surface area contributed by atoms with Gasteiger partial charge in [-0.05, 0) is 60.2 Å². The van der Waals surface area contributed by atoms with Crippen LogP contribution in [0.5, 0.6) is 0 Å². The quantitative estimate of drug-likeness (QED) is 0.204. The third kappa shape index (κ3) is 6.97. The number of carbonyl (C=O) groups excluding carboxylic acids is 3. The average Bonchev–Trinajstić information content (AvgIpc) is 3.39. The number of aromatic nitrogens is 2. The first-order valence-electron chi connectivity index (χ1n) is 12.6. The minimum absolute atomic E-state index is 0.0343. The van der Waals surface area contributed by atoms with Crippen LogP contribution in [0.4, 0.5) is 13.2 Å². The van der Waals surface area contributed by atoms with E-state index in [9.17, 15) is 27.6 Å². The molecule has 39 heavy (non-hydrogen) atoms. The smallest absolute Gasteiger partial charge is 0.352 e. The molecule has 1 aromatic heterocycles. The number of benzene rings is 2. The molecule has 0 aliphatic heterocycles. The highest BCUT2D eigenvalue weighted by atomic mass is 79.9. The number of Topliss-reactive ketones (excluding diaryl/α,β-unsaturated/α-hetero) is 2. The van der Waals surface area contributed by atoms with Gasteiger partial charge in [-0.15, -0.1) is 0 Å². The maximum atomic E-state index is 13.6. The highest BCUT2D eigenvalue weighted by Crippen LogP contribution is 2.34. The van der Waals surface area contributed by atoms with Gasteiger partial charge < -0.3 is 5.32 Å². The summed E-state index contributed by atoms with van der Waals surface area (Å²) in [6, 6.07) is 13.8. The van der Waals surface area contributed by atoms with Crippen molar-refractivity contribution in [1.29, 1.82) is 0 Å². The molecule has 0 unspecified atom stereocenters. The number of hydrogen-bond acceptors (Lipinski definition) is 4. The third-order valence-corrected chi connectivity index (χ3v) is 8.19. The number of alkyl halides is 3. The summed E-state index contributed by atoms with van der Waals surface area (Å²) in [7, 11) is 0. The molecule has 0 saturated heterocycles. The maximum absolute atomic E-state index is 13.6. The molecule has 1 amide bonds. The Labute approximate surface area is 237 Å². The van der Waals surface area contributed by atoms with Gasteiger partial charge in [0, 0.05) is 41.0 Å². The summed E-state index contributed by atoms with van der Waals surface area (Å²) in [4.78, 5) is 38.0. The Balaban J connectivity index is 1.29. The first-order valence-corrected chi connectivity index (χ1v) is 13.7. The average molecular weight is 625 g/mol. The Morgan fingerprint density at radius 2 is 1.67 bits per heavy atom. The van der Waals surface area contributed by atoms with E-state index in [-0.39, 0.29) is 47.1 Å². The summed E-state index contributed by atoms with van der Waals surface area (Å²) in [6.07, 6.45) is -0.831. The zero-order valence-electron chi connectivity index (χ0n) is 20.8. The van der Waals surface area contributed by atoms with Crippen LogP contribution in [0, 0.1) is 11.8 Å². The number of hydrogen-bond donors (Lipinski definition) is 1. The van der Waals surface area contributed by atoms with Crippen LogP contribution in [0.3, 0.4) is 0 Å². The van der Waals surface area contributed by atoms with E-state index in [0.717, 1.165) is 10.9 Å². The van der Waals surface area contributed by atoms with E-state index in [2.05, 4.69) is 26.3 Å². The topological polar surface area (TPSA) is 81.1 Å². The number of nitrogens with one attached hydrogen (secondary N) is 1. The van der Waals surface area contributed by atoms with Gasteiger partial charge >= 0.3 is 6.18 Å². The van der Waals surface area contributed by atoms with Crippen molar-refractivity contribution in [1.82, 2.24) is 15.1 Å². The predicted molar refractivity (Wildman–Crippen MR) is 144 cm³/mol. The first kappa shape index (κ1) is 29.0. The minimum Gasteiger partial charge on any atom is -0.352 e. The van der Waals surface area contributed by atoms with Crippen LogP contribution in [0.25, 0.3) is 5.69 Å². The molecule has 0 radical (unpaired) electrons. The number of rotatable bonds is 9. The largest absolute Gasteiger partial charge is 0.435 e. The van der Waals surface area contributed by atoms with Gasteiger partial charge in [-0.1, -0.05) is 48.0 Å². The lowest BCUT2D eigenvalue weighted by molar-refractivity contribution is -0.141. The fourth-order valence-electron chi connectivity index (χ4n) is 4.82. The van der Waals surface area contributed by atoms with E-state index in [1.54, 1.807) is 24.3 Å². The van der Waals surface area contributed by atoms with Crippen LogP contribution in [0.1, 0.15) is 64.9 Å². The van der Waals surface area contributed by atoms with Crippen molar-refractivity contribution >= 4 is 45.0 Å². The molecule has 206 valence electrons. The summed E-state index contributed by atoms with van der Waals surface area (Å²) in [5.41, 5.74) is -1.09. The van der Waals surface area contributed by atoms with E-state index in [0.29, 0.717) is 42.1 Å². The fourth-order valence-corrected chi connectivity index (χ4v) is 5.39. The van der Waals surface area contributed by atoms with Gasteiger partial charge in [0.05, 0.1) is 16.3 Å². The van der Waals surface area contributed by atoms with Crippen LogP contribution in [0.15, 0.2) is 59.2 Å². The van der Waals surface area contributed by atoms with E-state index < -0.39 is 23.3 Å². The normalized spacial score (nSPS) is 17.6. The van der Waals surface area contributed by atoms with E-state index in [4.69, 9.17) is 11.6 Å². The van der Waals surface area contributed by atoms with Crippen molar-refractivity contribution in [2.75, 3.05) is 6.54 Å². The summed E-state index contributed by atoms with van der Waals surface area (Å²) < 4.78 is 42.3. The Kier molecular flexibility index (Phi) is 9.27. The van der Waals surface area contributed by atoms with Gasteiger partial charge in [0.2, 0.25) is 0 Å². The van der Waals surface area contributed by atoms with Crippen molar-refractivity contribution in [2.24, 2.45) is 11.8 Å². The molecular weight excluding hydrogens is 599 g/mol. The molecule has 1 heterocycles. The zero-order chi connectivity index (χ0) is 28.2. The van der Waals surface area contributed by atoms with Crippen LogP contribution in [-0.4, -0.2) is 33.8 Å². The number of nitrogens with zero attached hydrogens (tertiary/aromatic N) is 2. The van der Waals surface area contributed by atoms with Gasteiger partial charge in [-0.2, -0.15) is 18.3 Å². The van der Waals surface area contributed by atoms with Crippen molar-refractivity contribution in [3.8, 4) is 5.69 Å². The van der Waals surface area contributed by atoms with Crippen LogP contribution >= 0.6 is 27.5 Å². The van der Waals surface area contributed by atoms with Gasteiger partial charge in [0.1, 0.15) is 5.78 Å². The van der Waals surface area contributed by atoms with Gasteiger partial charge in [-0.25, -0.2) is 4.68 Å². The van der Waals surface area contributed by atoms with E-state index in [1.807, 2.05) is 18.2 Å². The van der Waals surface area contributed by atoms with Crippen molar-refractivity contribution < 1.29 is 27.6 Å². The Hall–Kier alpha value is -2.98. The molecule has 11 heteroatoms. The van der Waals surface area contributed by atoms with E-state index in [1.165, 1.54) is 6.07 Å². The van der Waals surface area contributed by atoms with E-state index >= 15 is 0 Å². The first-order chi connectivity index (χ1) is 18.6. The monoisotopic (exact) mass is 623 g/mol. The molecule has 0 spiro atoms. The summed E-state index contributed by atoms with van der Waals surface area (Å²) in [6.45, 7) is 0.0343. The fraction of sp³-hybridized carbons (Fsp3) is 0.357. The predicted octanol–water partition coefficient (Wildman–Crippen LogP) is 7.08. The number of amides is 1.